The maximum Gasteiger partial charge on any atom is 0.131 e. The smallest absolute Gasteiger partial charge is 0.131 e. The van der Waals surface area contributed by atoms with Gasteiger partial charge in [0.15, 0.2) is 0 Å². The summed E-state index contributed by atoms with van der Waals surface area (Å²) >= 11 is 3.52. The molecule has 2 aromatic carbocycles. The van der Waals surface area contributed by atoms with E-state index in [0.29, 0.717) is 0 Å². The average Bonchev–Trinajstić information content (AvgIpc) is 2.37. The predicted octanol–water partition coefficient (Wildman–Crippen LogP) is 5.61. The van der Waals surface area contributed by atoms with Crippen LogP contribution in [-0.4, -0.2) is 0 Å². The van der Waals surface area contributed by atoms with Crippen LogP contribution in [0.15, 0.2) is 30.3 Å². The van der Waals surface area contributed by atoms with E-state index in [-0.39, 0.29) is 0 Å². The lowest BCUT2D eigenvalue weighted by Crippen LogP contribution is -1.94. The molecule has 0 aliphatic rings. The van der Waals surface area contributed by atoms with Gasteiger partial charge in [-0.3, -0.25) is 0 Å². The third-order valence-electron chi connectivity index (χ3n) is 3.34. The standard InChI is InChI=1S/C17H19BrO/c1-11-5-6-16(15(8-11)10-18)19-17-9-12(2)7-13(3)14(17)4/h5-9H,10H2,1-4H3. The van der Waals surface area contributed by atoms with Gasteiger partial charge in [-0.05, 0) is 56.5 Å². The van der Waals surface area contributed by atoms with Gasteiger partial charge in [-0.1, -0.05) is 39.7 Å². The highest BCUT2D eigenvalue weighted by Crippen LogP contribution is 2.31. The number of halogens is 1. The second-order valence-corrected chi connectivity index (χ2v) is 5.61. The molecule has 100 valence electrons. The fourth-order valence-electron chi connectivity index (χ4n) is 2.14. The number of aryl methyl sites for hydroxylation is 3. The Balaban J connectivity index is 2.41. The zero-order valence-electron chi connectivity index (χ0n) is 11.9. The van der Waals surface area contributed by atoms with E-state index >= 15 is 0 Å². The molecule has 0 radical (unpaired) electrons. The Morgan fingerprint density at radius 1 is 0.895 bits per heavy atom. The molecule has 0 aliphatic carbocycles. The molecule has 0 fully saturated rings. The normalized spacial score (nSPS) is 10.6. The van der Waals surface area contributed by atoms with E-state index in [1.165, 1.54) is 27.8 Å². The minimum absolute atomic E-state index is 0.799. The van der Waals surface area contributed by atoms with Crippen LogP contribution in [0, 0.1) is 27.7 Å². The predicted molar refractivity (Wildman–Crippen MR) is 84.5 cm³/mol. The van der Waals surface area contributed by atoms with Crippen LogP contribution in [0.4, 0.5) is 0 Å². The lowest BCUT2D eigenvalue weighted by molar-refractivity contribution is 0.474. The summed E-state index contributed by atoms with van der Waals surface area (Å²) in [5.74, 6) is 1.87. The Kier molecular flexibility index (Phi) is 4.31. The zero-order chi connectivity index (χ0) is 14.0. The number of hydrogen-bond donors (Lipinski definition) is 0. The molecule has 1 nitrogen and oxygen atoms in total. The van der Waals surface area contributed by atoms with Gasteiger partial charge >= 0.3 is 0 Å². The van der Waals surface area contributed by atoms with Crippen LogP contribution in [0.3, 0.4) is 0 Å². The molecule has 0 amide bonds. The number of alkyl halides is 1. The quantitative estimate of drug-likeness (QED) is 0.668. The molecule has 2 aromatic rings. The fourth-order valence-corrected chi connectivity index (χ4v) is 2.58. The summed E-state index contributed by atoms with van der Waals surface area (Å²) in [6, 6.07) is 10.6. The van der Waals surface area contributed by atoms with Crippen LogP contribution in [0.1, 0.15) is 27.8 Å². The summed E-state index contributed by atoms with van der Waals surface area (Å²) in [6.45, 7) is 8.42. The van der Waals surface area contributed by atoms with Crippen LogP contribution < -0.4 is 4.74 Å². The fraction of sp³-hybridized carbons (Fsp3) is 0.294. The molecule has 0 atom stereocenters. The largest absolute Gasteiger partial charge is 0.457 e. The lowest BCUT2D eigenvalue weighted by atomic mass is 10.1. The lowest BCUT2D eigenvalue weighted by Gasteiger charge is -2.14. The van der Waals surface area contributed by atoms with E-state index in [2.05, 4.69) is 67.9 Å². The highest BCUT2D eigenvalue weighted by Gasteiger charge is 2.08. The van der Waals surface area contributed by atoms with Crippen molar-refractivity contribution in [2.45, 2.75) is 33.0 Å². The van der Waals surface area contributed by atoms with Gasteiger partial charge in [-0.25, -0.2) is 0 Å². The average molecular weight is 319 g/mol. The first-order chi connectivity index (χ1) is 9.01. The van der Waals surface area contributed by atoms with E-state index < -0.39 is 0 Å². The summed E-state index contributed by atoms with van der Waals surface area (Å²) in [5.41, 5.74) is 6.12. The number of benzene rings is 2. The second kappa shape index (κ2) is 5.79. The summed E-state index contributed by atoms with van der Waals surface area (Å²) in [4.78, 5) is 0. The summed E-state index contributed by atoms with van der Waals surface area (Å²) in [7, 11) is 0. The molecule has 0 spiro atoms. The van der Waals surface area contributed by atoms with Crippen molar-refractivity contribution in [3.63, 3.8) is 0 Å². The third kappa shape index (κ3) is 3.19. The van der Waals surface area contributed by atoms with Crippen molar-refractivity contribution in [1.82, 2.24) is 0 Å². The molecule has 0 heterocycles. The number of ether oxygens (including phenoxy) is 1. The zero-order valence-corrected chi connectivity index (χ0v) is 13.5. The van der Waals surface area contributed by atoms with Gasteiger partial charge in [-0.15, -0.1) is 0 Å². The summed E-state index contributed by atoms with van der Waals surface area (Å²) in [5, 5.41) is 0.799. The van der Waals surface area contributed by atoms with Crippen LogP contribution in [0.25, 0.3) is 0 Å². The van der Waals surface area contributed by atoms with Crippen molar-refractivity contribution >= 4 is 15.9 Å². The first-order valence-corrected chi connectivity index (χ1v) is 7.54. The molecule has 2 heteroatoms. The molecular weight excluding hydrogens is 300 g/mol. The van der Waals surface area contributed by atoms with E-state index in [9.17, 15) is 0 Å². The maximum atomic E-state index is 6.12. The molecule has 0 saturated carbocycles. The van der Waals surface area contributed by atoms with E-state index in [4.69, 9.17) is 4.74 Å². The van der Waals surface area contributed by atoms with Crippen LogP contribution in [0.5, 0.6) is 11.5 Å². The Morgan fingerprint density at radius 2 is 1.63 bits per heavy atom. The first-order valence-electron chi connectivity index (χ1n) is 6.42. The summed E-state index contributed by atoms with van der Waals surface area (Å²) < 4.78 is 6.12. The van der Waals surface area contributed by atoms with Crippen molar-refractivity contribution < 1.29 is 4.74 Å². The van der Waals surface area contributed by atoms with E-state index in [0.717, 1.165) is 16.8 Å². The minimum Gasteiger partial charge on any atom is -0.457 e. The molecular formula is C17H19BrO. The highest BCUT2D eigenvalue weighted by molar-refractivity contribution is 9.08. The maximum absolute atomic E-state index is 6.12. The molecule has 0 saturated heterocycles. The van der Waals surface area contributed by atoms with Crippen molar-refractivity contribution in [2.24, 2.45) is 0 Å². The van der Waals surface area contributed by atoms with Gasteiger partial charge in [0.1, 0.15) is 11.5 Å². The van der Waals surface area contributed by atoms with Gasteiger partial charge in [0.05, 0.1) is 0 Å². The molecule has 0 unspecified atom stereocenters. The first kappa shape index (κ1) is 14.1. The van der Waals surface area contributed by atoms with Gasteiger partial charge in [0.25, 0.3) is 0 Å². The van der Waals surface area contributed by atoms with Crippen molar-refractivity contribution in [2.75, 3.05) is 0 Å². The SMILES string of the molecule is Cc1ccc(Oc2cc(C)cc(C)c2C)c(CBr)c1. The number of rotatable bonds is 3. The van der Waals surface area contributed by atoms with Crippen molar-refractivity contribution in [3.05, 3.63) is 58.1 Å². The third-order valence-corrected chi connectivity index (χ3v) is 3.95. The molecule has 2 rings (SSSR count). The summed E-state index contributed by atoms with van der Waals surface area (Å²) in [6.07, 6.45) is 0. The second-order valence-electron chi connectivity index (χ2n) is 5.05. The molecule has 0 aromatic heterocycles. The minimum atomic E-state index is 0.799. The van der Waals surface area contributed by atoms with Crippen LogP contribution >= 0.6 is 15.9 Å². The van der Waals surface area contributed by atoms with Gasteiger partial charge in [-0.2, -0.15) is 0 Å². The topological polar surface area (TPSA) is 9.23 Å². The number of hydrogen-bond acceptors (Lipinski definition) is 1. The molecule has 0 aliphatic heterocycles. The highest BCUT2D eigenvalue weighted by atomic mass is 79.9. The van der Waals surface area contributed by atoms with E-state index in [1.54, 1.807) is 0 Å². The Hall–Kier alpha value is -1.28. The Labute approximate surface area is 123 Å². The van der Waals surface area contributed by atoms with Crippen LogP contribution in [-0.2, 0) is 5.33 Å². The molecule has 0 bridgehead atoms. The van der Waals surface area contributed by atoms with Gasteiger partial charge in [0, 0.05) is 10.9 Å². The van der Waals surface area contributed by atoms with Crippen LogP contribution in [0.2, 0.25) is 0 Å². The van der Waals surface area contributed by atoms with Crippen molar-refractivity contribution in [3.8, 4) is 11.5 Å². The van der Waals surface area contributed by atoms with Gasteiger partial charge in [0.2, 0.25) is 0 Å². The molecule has 19 heavy (non-hydrogen) atoms. The Bertz CT molecular complexity index is 602. The monoisotopic (exact) mass is 318 g/mol. The Morgan fingerprint density at radius 3 is 2.32 bits per heavy atom. The van der Waals surface area contributed by atoms with Crippen molar-refractivity contribution in [1.29, 1.82) is 0 Å². The molecule has 0 N–H and O–H groups in total. The van der Waals surface area contributed by atoms with E-state index in [1.807, 2.05) is 6.07 Å². The van der Waals surface area contributed by atoms with Gasteiger partial charge < -0.3 is 4.74 Å².